The van der Waals surface area contributed by atoms with Gasteiger partial charge in [0, 0.05) is 51.3 Å². The number of rotatable bonds is 8. The Balaban J connectivity index is 0.000000604. The second-order valence-corrected chi connectivity index (χ2v) is 7.99. The highest BCUT2D eigenvalue weighted by molar-refractivity contribution is 5.94. The first-order valence-corrected chi connectivity index (χ1v) is 11.6. The molecule has 0 saturated carbocycles. The van der Waals surface area contributed by atoms with Crippen LogP contribution < -0.4 is 10.1 Å². The van der Waals surface area contributed by atoms with Crippen LogP contribution in [0.15, 0.2) is 48.5 Å². The van der Waals surface area contributed by atoms with Gasteiger partial charge in [0.1, 0.15) is 11.6 Å². The molecule has 1 aliphatic heterocycles. The van der Waals surface area contributed by atoms with Crippen LogP contribution in [0.3, 0.4) is 0 Å². The van der Waals surface area contributed by atoms with Crippen molar-refractivity contribution in [1.82, 2.24) is 15.1 Å². The van der Waals surface area contributed by atoms with E-state index >= 15 is 0 Å². The van der Waals surface area contributed by atoms with E-state index in [0.717, 1.165) is 18.7 Å². The molecule has 2 N–H and O–H groups in total. The monoisotopic (exact) mass is 527 g/mol. The van der Waals surface area contributed by atoms with Crippen molar-refractivity contribution >= 4 is 17.8 Å². The Morgan fingerprint density at radius 3 is 2.11 bits per heavy atom. The number of benzene rings is 2. The van der Waals surface area contributed by atoms with Crippen LogP contribution in [0.4, 0.5) is 17.6 Å². The topological polar surface area (TPSA) is 99.2 Å². The molecule has 3 rings (SSSR count). The number of hydrogen-bond acceptors (Lipinski definition) is 5. The van der Waals surface area contributed by atoms with Gasteiger partial charge in [0.2, 0.25) is 5.91 Å². The summed E-state index contributed by atoms with van der Waals surface area (Å²) in [6.45, 7) is 6.00. The molecule has 0 spiro atoms. The second kappa shape index (κ2) is 14.2. The summed E-state index contributed by atoms with van der Waals surface area (Å²) < 4.78 is 50.4. The molecule has 0 aromatic heterocycles. The molecule has 1 fully saturated rings. The lowest BCUT2D eigenvalue weighted by molar-refractivity contribution is -0.192. The van der Waals surface area contributed by atoms with Crippen molar-refractivity contribution in [1.29, 1.82) is 0 Å². The first-order valence-electron chi connectivity index (χ1n) is 11.6. The Hall–Kier alpha value is -3.67. The third-order valence-electron chi connectivity index (χ3n) is 5.29. The summed E-state index contributed by atoms with van der Waals surface area (Å²) in [4.78, 5) is 38.1. The summed E-state index contributed by atoms with van der Waals surface area (Å²) in [5.74, 6) is -2.51. The first-order chi connectivity index (χ1) is 17.5. The van der Waals surface area contributed by atoms with Crippen LogP contribution in [-0.4, -0.2) is 78.2 Å². The van der Waals surface area contributed by atoms with Crippen molar-refractivity contribution in [3.63, 3.8) is 0 Å². The number of hydrogen-bond donors (Lipinski definition) is 2. The number of carboxylic acid groups (broad SMARTS) is 1. The van der Waals surface area contributed by atoms with Crippen molar-refractivity contribution in [2.24, 2.45) is 0 Å². The second-order valence-electron chi connectivity index (χ2n) is 7.99. The third-order valence-corrected chi connectivity index (χ3v) is 5.29. The van der Waals surface area contributed by atoms with Crippen LogP contribution >= 0.6 is 0 Å². The van der Waals surface area contributed by atoms with E-state index in [4.69, 9.17) is 14.6 Å². The summed E-state index contributed by atoms with van der Waals surface area (Å²) in [5, 5.41) is 10.4. The lowest BCUT2D eigenvalue weighted by Gasteiger charge is -2.29. The SMILES string of the molecule is CCOc1ccc(C(=O)N(CCC(=O)N2CCNCC2)Cc2ccc(F)cc2)cc1.O=C(O)C(F)(F)F. The van der Waals surface area contributed by atoms with E-state index in [1.807, 2.05) is 11.8 Å². The van der Waals surface area contributed by atoms with Crippen LogP contribution in [0.2, 0.25) is 0 Å². The quantitative estimate of drug-likeness (QED) is 0.511. The Morgan fingerprint density at radius 1 is 1.03 bits per heavy atom. The van der Waals surface area contributed by atoms with Crippen LogP contribution in [0, 0.1) is 5.82 Å². The number of piperazine rings is 1. The number of carbonyl (C=O) groups is 3. The van der Waals surface area contributed by atoms with Gasteiger partial charge in [0.05, 0.1) is 6.61 Å². The molecule has 37 heavy (non-hydrogen) atoms. The van der Waals surface area contributed by atoms with Gasteiger partial charge in [-0.25, -0.2) is 9.18 Å². The maximum atomic E-state index is 13.3. The third kappa shape index (κ3) is 10.1. The molecule has 0 aliphatic carbocycles. The van der Waals surface area contributed by atoms with Gasteiger partial charge in [-0.3, -0.25) is 9.59 Å². The fraction of sp³-hybridized carbons (Fsp3) is 0.400. The van der Waals surface area contributed by atoms with Gasteiger partial charge in [-0.15, -0.1) is 0 Å². The van der Waals surface area contributed by atoms with Crippen LogP contribution in [0.1, 0.15) is 29.3 Å². The van der Waals surface area contributed by atoms with Gasteiger partial charge in [-0.05, 0) is 48.9 Å². The standard InChI is InChI=1S/C23H28FN3O3.C2HF3O2/c1-2-30-21-9-5-19(6-10-21)23(29)27(17-18-3-7-20(24)8-4-18)14-11-22(28)26-15-12-25-13-16-26;3-2(4,5)1(6)7/h3-10,25H,2,11-17H2,1H3;(H,6,7). The summed E-state index contributed by atoms with van der Waals surface area (Å²) in [6.07, 6.45) is -4.83. The molecule has 0 radical (unpaired) electrons. The molecule has 1 aliphatic rings. The highest BCUT2D eigenvalue weighted by Crippen LogP contribution is 2.16. The molecular formula is C25H29F4N3O5. The fourth-order valence-electron chi connectivity index (χ4n) is 3.41. The van der Waals surface area contributed by atoms with Crippen LogP contribution in [0.25, 0.3) is 0 Å². The van der Waals surface area contributed by atoms with Crippen molar-refractivity contribution in [2.45, 2.75) is 26.1 Å². The zero-order valence-corrected chi connectivity index (χ0v) is 20.3. The number of alkyl halides is 3. The molecule has 8 nitrogen and oxygen atoms in total. The molecule has 2 aromatic carbocycles. The molecule has 12 heteroatoms. The minimum absolute atomic E-state index is 0.0418. The number of amides is 2. The maximum Gasteiger partial charge on any atom is 0.490 e. The first kappa shape index (κ1) is 29.6. The Morgan fingerprint density at radius 2 is 1.59 bits per heavy atom. The lowest BCUT2D eigenvalue weighted by Crippen LogP contribution is -2.47. The molecule has 0 bridgehead atoms. The van der Waals surface area contributed by atoms with Gasteiger partial charge in [0.15, 0.2) is 0 Å². The smallest absolute Gasteiger partial charge is 0.490 e. The van der Waals surface area contributed by atoms with Crippen LogP contribution in [0.5, 0.6) is 5.75 Å². The predicted molar refractivity (Wildman–Crippen MR) is 127 cm³/mol. The van der Waals surface area contributed by atoms with Crippen molar-refractivity contribution in [2.75, 3.05) is 39.3 Å². The van der Waals surface area contributed by atoms with Gasteiger partial charge in [-0.1, -0.05) is 12.1 Å². The van der Waals surface area contributed by atoms with E-state index in [1.54, 1.807) is 41.3 Å². The predicted octanol–water partition coefficient (Wildman–Crippen LogP) is 3.32. The number of nitrogens with zero attached hydrogens (tertiary/aromatic N) is 2. The van der Waals surface area contributed by atoms with E-state index in [9.17, 15) is 27.2 Å². The van der Waals surface area contributed by atoms with Gasteiger partial charge in [0.25, 0.3) is 5.91 Å². The molecule has 202 valence electrons. The summed E-state index contributed by atoms with van der Waals surface area (Å²) >= 11 is 0. The molecular weight excluding hydrogens is 498 g/mol. The molecule has 1 heterocycles. The summed E-state index contributed by atoms with van der Waals surface area (Å²) in [6, 6.07) is 13.0. The molecule has 0 atom stereocenters. The van der Waals surface area contributed by atoms with E-state index in [-0.39, 0.29) is 24.1 Å². The maximum absolute atomic E-state index is 13.3. The minimum atomic E-state index is -5.08. The highest BCUT2D eigenvalue weighted by Gasteiger charge is 2.38. The highest BCUT2D eigenvalue weighted by atomic mass is 19.4. The summed E-state index contributed by atoms with van der Waals surface area (Å²) in [7, 11) is 0. The van der Waals surface area contributed by atoms with Crippen LogP contribution in [-0.2, 0) is 16.1 Å². The lowest BCUT2D eigenvalue weighted by atomic mass is 10.1. The molecule has 1 saturated heterocycles. The summed E-state index contributed by atoms with van der Waals surface area (Å²) in [5.41, 5.74) is 1.33. The number of carboxylic acids is 1. The number of halogens is 4. The Labute approximate surface area is 211 Å². The van der Waals surface area contributed by atoms with Crippen molar-refractivity contribution in [3.05, 3.63) is 65.5 Å². The largest absolute Gasteiger partial charge is 0.494 e. The zero-order valence-electron chi connectivity index (χ0n) is 20.3. The fourth-order valence-corrected chi connectivity index (χ4v) is 3.41. The van der Waals surface area contributed by atoms with E-state index in [0.29, 0.717) is 44.1 Å². The number of ether oxygens (including phenoxy) is 1. The number of aliphatic carboxylic acids is 1. The average Bonchev–Trinajstić information content (AvgIpc) is 2.88. The number of carbonyl (C=O) groups excluding carboxylic acids is 2. The van der Waals surface area contributed by atoms with Crippen molar-refractivity contribution < 1.29 is 41.8 Å². The van der Waals surface area contributed by atoms with Gasteiger partial charge >= 0.3 is 12.1 Å². The Bertz CT molecular complexity index is 1020. The average molecular weight is 528 g/mol. The van der Waals surface area contributed by atoms with E-state index in [2.05, 4.69) is 5.32 Å². The molecule has 2 aromatic rings. The molecule has 0 unspecified atom stereocenters. The van der Waals surface area contributed by atoms with Gasteiger partial charge in [-0.2, -0.15) is 13.2 Å². The normalized spacial score (nSPS) is 13.3. The van der Waals surface area contributed by atoms with Crippen molar-refractivity contribution in [3.8, 4) is 5.75 Å². The van der Waals surface area contributed by atoms with Gasteiger partial charge < -0.3 is 25.0 Å². The number of nitrogens with one attached hydrogen (secondary N) is 1. The Kier molecular flexibility index (Phi) is 11.3. The van der Waals surface area contributed by atoms with E-state index in [1.165, 1.54) is 12.1 Å². The molecule has 2 amide bonds. The zero-order chi connectivity index (χ0) is 27.4. The van der Waals surface area contributed by atoms with E-state index < -0.39 is 12.1 Å². The minimum Gasteiger partial charge on any atom is -0.494 e.